The Kier molecular flexibility index (Phi) is 3.52. The number of aliphatic hydroxyl groups is 1. The average molecular weight is 249 g/mol. The Balaban J connectivity index is 2.24. The van der Waals surface area contributed by atoms with Gasteiger partial charge in [-0.1, -0.05) is 0 Å². The summed E-state index contributed by atoms with van der Waals surface area (Å²) in [5.74, 6) is 0.164. The molecule has 5 heteroatoms. The number of nitrogens with two attached hydrogens (primary N) is 1. The Morgan fingerprint density at radius 2 is 2.28 bits per heavy atom. The molecule has 1 saturated heterocycles. The molecule has 98 valence electrons. The van der Waals surface area contributed by atoms with E-state index in [4.69, 9.17) is 5.73 Å². The predicted octanol–water partition coefficient (Wildman–Crippen LogP) is 0.922. The maximum atomic E-state index is 11.4. The second kappa shape index (κ2) is 4.94. The van der Waals surface area contributed by atoms with Crippen LogP contribution >= 0.6 is 0 Å². The van der Waals surface area contributed by atoms with E-state index in [2.05, 4.69) is 4.98 Å². The smallest absolute Gasteiger partial charge is 0.252 e. The largest absolute Gasteiger partial charge is 0.390 e. The summed E-state index contributed by atoms with van der Waals surface area (Å²) in [5, 5.41) is 10.1. The molecule has 1 aliphatic rings. The number of pyridine rings is 1. The fourth-order valence-corrected chi connectivity index (χ4v) is 2.32. The summed E-state index contributed by atoms with van der Waals surface area (Å²) in [4.78, 5) is 17.7. The molecule has 1 aromatic rings. The van der Waals surface area contributed by atoms with Crippen LogP contribution in [0.25, 0.3) is 0 Å². The highest BCUT2D eigenvalue weighted by Crippen LogP contribution is 2.25. The first-order valence-electron chi connectivity index (χ1n) is 6.22. The summed E-state index contributed by atoms with van der Waals surface area (Å²) in [6, 6.07) is 3.39. The van der Waals surface area contributed by atoms with Gasteiger partial charge in [0.1, 0.15) is 5.82 Å². The maximum Gasteiger partial charge on any atom is 0.252 e. The number of primary amides is 1. The molecule has 0 radical (unpaired) electrons. The highest BCUT2D eigenvalue weighted by Gasteiger charge is 2.26. The fraction of sp³-hybridized carbons (Fsp3) is 0.538. The van der Waals surface area contributed by atoms with Crippen LogP contribution in [-0.4, -0.2) is 34.7 Å². The number of hydrogen-bond donors (Lipinski definition) is 2. The summed E-state index contributed by atoms with van der Waals surface area (Å²) < 4.78 is 0. The summed E-state index contributed by atoms with van der Waals surface area (Å²) in [6.45, 7) is 3.32. The van der Waals surface area contributed by atoms with Crippen LogP contribution in [0, 0.1) is 0 Å². The van der Waals surface area contributed by atoms with Crippen molar-refractivity contribution < 1.29 is 9.90 Å². The number of aromatic nitrogens is 1. The van der Waals surface area contributed by atoms with Crippen molar-refractivity contribution in [1.29, 1.82) is 0 Å². The van der Waals surface area contributed by atoms with E-state index in [0.717, 1.165) is 19.4 Å². The topological polar surface area (TPSA) is 79.4 Å². The van der Waals surface area contributed by atoms with Crippen LogP contribution in [-0.2, 0) is 0 Å². The van der Waals surface area contributed by atoms with E-state index in [1.807, 2.05) is 11.8 Å². The molecule has 0 saturated carbocycles. The maximum absolute atomic E-state index is 11.4. The predicted molar refractivity (Wildman–Crippen MR) is 69.4 cm³/mol. The van der Waals surface area contributed by atoms with E-state index in [0.29, 0.717) is 24.3 Å². The van der Waals surface area contributed by atoms with Gasteiger partial charge in [-0.2, -0.15) is 0 Å². The van der Waals surface area contributed by atoms with Crippen LogP contribution in [0.2, 0.25) is 0 Å². The molecule has 1 aliphatic heterocycles. The fourth-order valence-electron chi connectivity index (χ4n) is 2.32. The van der Waals surface area contributed by atoms with Gasteiger partial charge >= 0.3 is 0 Å². The molecule has 0 spiro atoms. The van der Waals surface area contributed by atoms with Crippen molar-refractivity contribution in [2.75, 3.05) is 18.0 Å². The average Bonchev–Trinajstić information content (AvgIpc) is 2.50. The molecule has 18 heavy (non-hydrogen) atoms. The molecular weight excluding hydrogens is 230 g/mol. The lowest BCUT2D eigenvalue weighted by atomic mass is 9.98. The van der Waals surface area contributed by atoms with Crippen LogP contribution in [0.3, 0.4) is 0 Å². The number of carbonyl (C=O) groups excluding carboxylic acids is 1. The van der Waals surface area contributed by atoms with Crippen LogP contribution < -0.4 is 10.6 Å². The molecule has 5 nitrogen and oxygen atoms in total. The Labute approximate surface area is 107 Å². The molecule has 1 amide bonds. The Hall–Kier alpha value is -1.62. The lowest BCUT2D eigenvalue weighted by Gasteiger charge is -2.24. The number of rotatable bonds is 2. The van der Waals surface area contributed by atoms with Crippen molar-refractivity contribution in [3.63, 3.8) is 0 Å². The van der Waals surface area contributed by atoms with Crippen molar-refractivity contribution in [1.82, 2.24) is 4.98 Å². The molecule has 1 unspecified atom stereocenters. The Morgan fingerprint density at radius 1 is 1.50 bits per heavy atom. The monoisotopic (exact) mass is 249 g/mol. The van der Waals surface area contributed by atoms with Gasteiger partial charge in [0.25, 0.3) is 5.91 Å². The SMILES string of the molecule is CC1(O)CCCN(c2ncccc2C(N)=O)CC1. The second-order valence-electron chi connectivity index (χ2n) is 5.08. The quantitative estimate of drug-likeness (QED) is 0.817. The van der Waals surface area contributed by atoms with Gasteiger partial charge in [0.05, 0.1) is 11.2 Å². The van der Waals surface area contributed by atoms with Gasteiger partial charge < -0.3 is 15.7 Å². The molecular formula is C13H19N3O2. The minimum atomic E-state index is -0.629. The zero-order valence-electron chi connectivity index (χ0n) is 10.6. The van der Waals surface area contributed by atoms with E-state index in [9.17, 15) is 9.90 Å². The number of nitrogens with zero attached hydrogens (tertiary/aromatic N) is 2. The van der Waals surface area contributed by atoms with Crippen LogP contribution in [0.5, 0.6) is 0 Å². The van der Waals surface area contributed by atoms with Crippen LogP contribution in [0.1, 0.15) is 36.5 Å². The van der Waals surface area contributed by atoms with E-state index < -0.39 is 11.5 Å². The van der Waals surface area contributed by atoms with Crippen molar-refractivity contribution in [3.8, 4) is 0 Å². The standard InChI is InChI=1S/C13H19N3O2/c1-13(18)5-3-8-16(9-6-13)12-10(11(14)17)4-2-7-15-12/h2,4,7,18H,3,5-6,8-9H2,1H3,(H2,14,17). The first-order chi connectivity index (χ1) is 8.49. The lowest BCUT2D eigenvalue weighted by molar-refractivity contribution is 0.0481. The zero-order chi connectivity index (χ0) is 13.2. The van der Waals surface area contributed by atoms with Gasteiger partial charge in [-0.3, -0.25) is 4.79 Å². The Morgan fingerprint density at radius 3 is 3.00 bits per heavy atom. The van der Waals surface area contributed by atoms with Gasteiger partial charge in [0.15, 0.2) is 0 Å². The third-order valence-electron chi connectivity index (χ3n) is 3.42. The van der Waals surface area contributed by atoms with Gasteiger partial charge in [-0.15, -0.1) is 0 Å². The number of carbonyl (C=O) groups is 1. The Bertz CT molecular complexity index is 446. The van der Waals surface area contributed by atoms with E-state index >= 15 is 0 Å². The third kappa shape index (κ3) is 2.79. The lowest BCUT2D eigenvalue weighted by Crippen LogP contribution is -2.30. The van der Waals surface area contributed by atoms with E-state index in [1.165, 1.54) is 0 Å². The summed E-state index contributed by atoms with van der Waals surface area (Å²) in [6.07, 6.45) is 3.97. The molecule has 1 atom stereocenters. The second-order valence-corrected chi connectivity index (χ2v) is 5.08. The highest BCUT2D eigenvalue weighted by molar-refractivity contribution is 5.97. The minimum absolute atomic E-state index is 0.444. The number of anilines is 1. The molecule has 0 bridgehead atoms. The molecule has 1 fully saturated rings. The summed E-state index contributed by atoms with van der Waals surface area (Å²) in [7, 11) is 0. The van der Waals surface area contributed by atoms with Crippen LogP contribution in [0.4, 0.5) is 5.82 Å². The first-order valence-corrected chi connectivity index (χ1v) is 6.22. The minimum Gasteiger partial charge on any atom is -0.390 e. The van der Waals surface area contributed by atoms with E-state index in [1.54, 1.807) is 18.3 Å². The first kappa shape index (κ1) is 12.8. The van der Waals surface area contributed by atoms with Gasteiger partial charge in [-0.25, -0.2) is 4.98 Å². The number of amides is 1. The van der Waals surface area contributed by atoms with Gasteiger partial charge in [0, 0.05) is 19.3 Å². The third-order valence-corrected chi connectivity index (χ3v) is 3.42. The van der Waals surface area contributed by atoms with Crippen LogP contribution in [0.15, 0.2) is 18.3 Å². The normalized spacial score (nSPS) is 24.7. The van der Waals surface area contributed by atoms with Crippen molar-refractivity contribution in [2.24, 2.45) is 5.73 Å². The number of hydrogen-bond acceptors (Lipinski definition) is 4. The summed E-state index contributed by atoms with van der Waals surface area (Å²) >= 11 is 0. The van der Waals surface area contributed by atoms with Crippen molar-refractivity contribution in [3.05, 3.63) is 23.9 Å². The van der Waals surface area contributed by atoms with Gasteiger partial charge in [0.2, 0.25) is 0 Å². The summed E-state index contributed by atoms with van der Waals surface area (Å²) in [5.41, 5.74) is 5.17. The van der Waals surface area contributed by atoms with Gasteiger partial charge in [-0.05, 0) is 38.3 Å². The molecule has 0 aromatic carbocycles. The van der Waals surface area contributed by atoms with Crippen molar-refractivity contribution in [2.45, 2.75) is 31.8 Å². The zero-order valence-corrected chi connectivity index (χ0v) is 10.6. The molecule has 3 N–H and O–H groups in total. The molecule has 1 aromatic heterocycles. The molecule has 0 aliphatic carbocycles. The highest BCUT2D eigenvalue weighted by atomic mass is 16.3. The van der Waals surface area contributed by atoms with E-state index in [-0.39, 0.29) is 0 Å². The molecule has 2 heterocycles. The molecule has 2 rings (SSSR count). The van der Waals surface area contributed by atoms with Crippen molar-refractivity contribution >= 4 is 11.7 Å².